The molecule has 4 aliphatic rings. The number of amides is 1. The van der Waals surface area contributed by atoms with Crippen LogP contribution in [0.4, 0.5) is 5.69 Å². The first-order chi connectivity index (χ1) is 25.1. The second-order valence-electron chi connectivity index (χ2n) is 15.1. The third kappa shape index (κ3) is 5.27. The number of ketones is 1. The maximum absolute atomic E-state index is 14.2. The molecule has 0 spiro atoms. The van der Waals surface area contributed by atoms with Crippen LogP contribution < -0.4 is 15.4 Å². The van der Waals surface area contributed by atoms with Crippen molar-refractivity contribution in [1.29, 1.82) is 0 Å². The van der Waals surface area contributed by atoms with Gasteiger partial charge in [-0.05, 0) is 58.6 Å². The number of fused-ring (bicyclic) bond motifs is 8. The van der Waals surface area contributed by atoms with Crippen LogP contribution in [0.5, 0.6) is 5.75 Å². The van der Waals surface area contributed by atoms with Gasteiger partial charge in [-0.25, -0.2) is 9.97 Å². The van der Waals surface area contributed by atoms with Crippen LogP contribution in [0.1, 0.15) is 85.5 Å². The van der Waals surface area contributed by atoms with E-state index in [1.165, 1.54) is 11.8 Å². The number of carbonyl (C=O) groups excluding carboxylic acids is 2. The Balaban J connectivity index is 1.19. The van der Waals surface area contributed by atoms with Gasteiger partial charge in [-0.3, -0.25) is 9.59 Å². The smallest absolute Gasteiger partial charge is 0.249 e. The van der Waals surface area contributed by atoms with Gasteiger partial charge >= 0.3 is 0 Å². The molecule has 0 saturated carbocycles. The van der Waals surface area contributed by atoms with Crippen LogP contribution >= 0.6 is 0 Å². The topological polar surface area (TPSA) is 140 Å². The molecule has 1 amide bonds. The summed E-state index contributed by atoms with van der Waals surface area (Å²) in [5.74, 6) is 0.174. The number of nitrogens with one attached hydrogen (secondary N) is 2. The Morgan fingerprint density at radius 2 is 1.85 bits per heavy atom. The van der Waals surface area contributed by atoms with Gasteiger partial charge in [0.1, 0.15) is 24.2 Å². The molecular weight excluding hydrogens is 656 g/mol. The van der Waals surface area contributed by atoms with Crippen molar-refractivity contribution < 1.29 is 28.3 Å². The molecule has 0 fully saturated rings. The van der Waals surface area contributed by atoms with E-state index in [2.05, 4.69) is 64.2 Å². The molecule has 10 bridgehead atoms. The lowest BCUT2D eigenvalue weighted by Crippen LogP contribution is -2.39. The van der Waals surface area contributed by atoms with Crippen LogP contribution in [0.2, 0.25) is 0 Å². The number of aliphatic hydroxyl groups excluding tert-OH is 1. The Kier molecular flexibility index (Phi) is 7.69. The number of nitrogens with zero attached hydrogens (tertiary/aromatic N) is 2. The average Bonchev–Trinajstić information content (AvgIpc) is 3.96. The molecule has 1 unspecified atom stereocenters. The van der Waals surface area contributed by atoms with Crippen molar-refractivity contribution in [3.63, 3.8) is 0 Å². The van der Waals surface area contributed by atoms with E-state index in [0.717, 1.165) is 56.8 Å². The number of para-hydroxylation sites is 1. The first kappa shape index (κ1) is 32.4. The van der Waals surface area contributed by atoms with Crippen LogP contribution in [0.25, 0.3) is 28.3 Å². The molecule has 3 N–H and O–H groups in total. The Morgan fingerprint density at radius 3 is 2.67 bits per heavy atom. The van der Waals surface area contributed by atoms with E-state index in [1.54, 1.807) is 20.0 Å². The van der Waals surface area contributed by atoms with E-state index in [9.17, 15) is 14.7 Å². The van der Waals surface area contributed by atoms with Crippen LogP contribution in [0.3, 0.4) is 0 Å². The van der Waals surface area contributed by atoms with Crippen molar-refractivity contribution >= 4 is 23.0 Å². The second kappa shape index (κ2) is 12.3. The van der Waals surface area contributed by atoms with Crippen molar-refractivity contribution in [3.8, 4) is 28.5 Å². The molecule has 3 aromatic carbocycles. The molecule has 10 nitrogen and oxygen atoms in total. The summed E-state index contributed by atoms with van der Waals surface area (Å²) in [5.41, 5.74) is 9.96. The van der Waals surface area contributed by atoms with E-state index in [0.29, 0.717) is 29.7 Å². The van der Waals surface area contributed by atoms with Crippen molar-refractivity contribution in [2.24, 2.45) is 17.8 Å². The predicted molar refractivity (Wildman–Crippen MR) is 194 cm³/mol. The Hall–Kier alpha value is -5.48. The van der Waals surface area contributed by atoms with E-state index in [4.69, 9.17) is 18.6 Å². The highest BCUT2D eigenvalue weighted by Crippen LogP contribution is 2.53. The molecule has 0 saturated heterocycles. The lowest BCUT2D eigenvalue weighted by atomic mass is 9.86. The van der Waals surface area contributed by atoms with Gasteiger partial charge in [-0.1, -0.05) is 82.3 Å². The zero-order valence-corrected chi connectivity index (χ0v) is 29.5. The number of carbonyl (C=O) groups is 2. The first-order valence-electron chi connectivity index (χ1n) is 18.1. The number of Topliss-reactive ketones (excluding diaryl/α,β-unsaturated/α-hetero) is 1. The third-order valence-corrected chi connectivity index (χ3v) is 10.9. The molecule has 2 aromatic heterocycles. The summed E-state index contributed by atoms with van der Waals surface area (Å²) in [5, 5.41) is 17.5. The lowest BCUT2D eigenvalue weighted by Gasteiger charge is -2.24. The van der Waals surface area contributed by atoms with Gasteiger partial charge in [0.05, 0.1) is 12.1 Å². The summed E-state index contributed by atoms with van der Waals surface area (Å²) in [6, 6.07) is 18.2. The quantitative estimate of drug-likeness (QED) is 0.174. The van der Waals surface area contributed by atoms with Crippen LogP contribution in [-0.4, -0.2) is 39.1 Å². The summed E-state index contributed by atoms with van der Waals surface area (Å²) in [7, 11) is 0. The molecule has 5 aromatic rings. The summed E-state index contributed by atoms with van der Waals surface area (Å²) in [6.45, 7) is 7.53. The highest BCUT2D eigenvalue weighted by atomic mass is 16.5. The zero-order valence-electron chi connectivity index (χ0n) is 29.5. The number of oxazole rings is 2. The van der Waals surface area contributed by atoms with E-state index >= 15 is 0 Å². The van der Waals surface area contributed by atoms with E-state index < -0.39 is 18.1 Å². The Bertz CT molecular complexity index is 2280. The summed E-state index contributed by atoms with van der Waals surface area (Å²) < 4.78 is 18.8. The molecule has 10 heteroatoms. The normalized spacial score (nSPS) is 21.7. The molecule has 5 heterocycles. The summed E-state index contributed by atoms with van der Waals surface area (Å²) in [4.78, 5) is 36.8. The average molecular weight is 697 g/mol. The number of rotatable bonds is 5. The number of aliphatic hydroxyl groups is 1. The monoisotopic (exact) mass is 696 g/mol. The van der Waals surface area contributed by atoms with Crippen LogP contribution in [0, 0.1) is 17.8 Å². The van der Waals surface area contributed by atoms with Gasteiger partial charge in [-0.2, -0.15) is 0 Å². The fourth-order valence-corrected chi connectivity index (χ4v) is 8.20. The minimum absolute atomic E-state index is 0.0661. The van der Waals surface area contributed by atoms with Gasteiger partial charge in [-0.15, -0.1) is 0 Å². The fourth-order valence-electron chi connectivity index (χ4n) is 8.20. The largest absolute Gasteiger partial charge is 0.469 e. The maximum Gasteiger partial charge on any atom is 0.249 e. The van der Waals surface area contributed by atoms with Gasteiger partial charge in [0.25, 0.3) is 0 Å². The highest BCUT2D eigenvalue weighted by molar-refractivity contribution is 5.96. The number of hydrogen-bond acceptors (Lipinski definition) is 9. The number of aromatic nitrogens is 2. The SMILES string of the molecule is CC(C)[C@H](O)C(=O)C[C@H]1Cc2ccc3c(c2)C2c4cccc(c4N[C@H]2O3)-c2cccc3c2C(=CC3)c2cnc(o2)-c2coc(n2)[C@H](C(C)C)NC1=O. The fraction of sp³-hybridized carbons (Fsp3) is 0.333. The molecule has 52 heavy (non-hydrogen) atoms. The summed E-state index contributed by atoms with van der Waals surface area (Å²) in [6.07, 6.45) is 4.89. The van der Waals surface area contributed by atoms with Crippen molar-refractivity contribution in [3.05, 3.63) is 113 Å². The highest BCUT2D eigenvalue weighted by Gasteiger charge is 2.43. The minimum Gasteiger partial charge on any atom is -0.469 e. The maximum atomic E-state index is 14.2. The zero-order chi connectivity index (χ0) is 35.8. The van der Waals surface area contributed by atoms with Crippen molar-refractivity contribution in [2.45, 2.75) is 71.2 Å². The molecule has 5 atom stereocenters. The molecule has 3 aliphatic heterocycles. The van der Waals surface area contributed by atoms with Crippen LogP contribution in [-0.2, 0) is 22.4 Å². The lowest BCUT2D eigenvalue weighted by molar-refractivity contribution is -0.135. The van der Waals surface area contributed by atoms with E-state index in [-0.39, 0.29) is 42.1 Å². The molecule has 9 rings (SSSR count). The standard InChI is InChI=1S/C42H40N4O6/c1-20(2)36-42-44-30(19-50-42)40-43-18-33(52-40)27-13-12-23-7-5-8-25(34(23)27)26-9-6-10-28-35-29-16-22(11-14-32(29)51-41(35)46-37(26)28)15-24(39(49)45-36)17-31(47)38(48)21(3)4/h5-11,13-14,16,18-21,24,35-36,38,41,46,48H,12,15,17H2,1-4H3,(H,45,49)/t24-,35?,36+,38+,41+/m1/s1. The molecule has 1 aliphatic carbocycles. The van der Waals surface area contributed by atoms with Gasteiger partial charge in [0.15, 0.2) is 23.5 Å². The predicted octanol–water partition coefficient (Wildman–Crippen LogP) is 7.22. The number of hydrogen-bond donors (Lipinski definition) is 3. The van der Waals surface area contributed by atoms with Gasteiger partial charge < -0.3 is 29.3 Å². The second-order valence-corrected chi connectivity index (χ2v) is 15.1. The van der Waals surface area contributed by atoms with Crippen molar-refractivity contribution in [1.82, 2.24) is 15.3 Å². The number of allylic oxidation sites excluding steroid dienone is 1. The van der Waals surface area contributed by atoms with E-state index in [1.807, 2.05) is 26.0 Å². The molecule has 0 radical (unpaired) electrons. The first-order valence-corrected chi connectivity index (χ1v) is 18.1. The van der Waals surface area contributed by atoms with Gasteiger partial charge in [0.2, 0.25) is 17.7 Å². The number of ether oxygens (including phenoxy) is 1. The number of anilines is 1. The molecular formula is C42H40N4O6. The van der Waals surface area contributed by atoms with Gasteiger partial charge in [0, 0.05) is 34.7 Å². The van der Waals surface area contributed by atoms with Crippen molar-refractivity contribution in [2.75, 3.05) is 5.32 Å². The Labute approximate surface area is 301 Å². The molecule has 264 valence electrons. The Morgan fingerprint density at radius 1 is 1.02 bits per heavy atom. The minimum atomic E-state index is -1.17. The van der Waals surface area contributed by atoms with Crippen LogP contribution in [0.15, 0.2) is 82.0 Å². The summed E-state index contributed by atoms with van der Waals surface area (Å²) >= 11 is 0. The number of benzene rings is 3. The third-order valence-electron chi connectivity index (χ3n) is 10.9.